The molecule has 1 saturated carbocycles. The summed E-state index contributed by atoms with van der Waals surface area (Å²) in [7, 11) is 1.77. The van der Waals surface area contributed by atoms with Gasteiger partial charge in [-0.2, -0.15) is 0 Å². The zero-order valence-corrected chi connectivity index (χ0v) is 13.2. The van der Waals surface area contributed by atoms with Gasteiger partial charge in [0.2, 0.25) is 0 Å². The smallest absolute Gasteiger partial charge is 0.140 e. The Hall–Kier alpha value is -1.15. The molecule has 1 aliphatic rings. The van der Waals surface area contributed by atoms with E-state index in [0.29, 0.717) is 18.3 Å². The van der Waals surface area contributed by atoms with E-state index in [4.69, 9.17) is 4.74 Å². The first-order valence-corrected chi connectivity index (χ1v) is 7.63. The molecule has 1 aromatic rings. The lowest BCUT2D eigenvalue weighted by Crippen LogP contribution is -2.26. The SMILES string of the molecule is COC1CCC(C(=O)Cc2c(C)cc(C)cc2C)CC1. The van der Waals surface area contributed by atoms with Crippen molar-refractivity contribution in [3.63, 3.8) is 0 Å². The average molecular weight is 274 g/mol. The van der Waals surface area contributed by atoms with Crippen molar-refractivity contribution in [2.75, 3.05) is 7.11 Å². The second-order valence-corrected chi connectivity index (χ2v) is 6.23. The number of methoxy groups -OCH3 is 1. The van der Waals surface area contributed by atoms with Crippen molar-refractivity contribution in [3.05, 3.63) is 34.4 Å². The summed E-state index contributed by atoms with van der Waals surface area (Å²) in [5.74, 6) is 0.649. The predicted molar refractivity (Wildman–Crippen MR) is 82.1 cm³/mol. The van der Waals surface area contributed by atoms with Crippen LogP contribution in [0.25, 0.3) is 0 Å². The quantitative estimate of drug-likeness (QED) is 0.831. The van der Waals surface area contributed by atoms with Crippen LogP contribution < -0.4 is 0 Å². The van der Waals surface area contributed by atoms with Crippen LogP contribution >= 0.6 is 0 Å². The summed E-state index contributed by atoms with van der Waals surface area (Å²) in [5.41, 5.74) is 5.01. The van der Waals surface area contributed by atoms with Gasteiger partial charge in [-0.15, -0.1) is 0 Å². The molecule has 0 bridgehead atoms. The summed E-state index contributed by atoms with van der Waals surface area (Å²) >= 11 is 0. The molecular weight excluding hydrogens is 248 g/mol. The van der Waals surface area contributed by atoms with Gasteiger partial charge in [0.05, 0.1) is 6.10 Å². The third-order valence-corrected chi connectivity index (χ3v) is 4.65. The predicted octanol–water partition coefficient (Wildman–Crippen LogP) is 3.93. The lowest BCUT2D eigenvalue weighted by molar-refractivity contribution is -0.124. The van der Waals surface area contributed by atoms with E-state index in [0.717, 1.165) is 25.7 Å². The Morgan fingerprint density at radius 1 is 1.10 bits per heavy atom. The van der Waals surface area contributed by atoms with Crippen molar-refractivity contribution >= 4 is 5.78 Å². The number of hydrogen-bond donors (Lipinski definition) is 0. The normalized spacial score (nSPS) is 22.8. The zero-order valence-electron chi connectivity index (χ0n) is 13.2. The summed E-state index contributed by atoms with van der Waals surface area (Å²) < 4.78 is 5.38. The summed E-state index contributed by atoms with van der Waals surface area (Å²) in [4.78, 5) is 12.5. The number of ketones is 1. The number of carbonyl (C=O) groups excluding carboxylic acids is 1. The van der Waals surface area contributed by atoms with Gasteiger partial charge in [0.15, 0.2) is 0 Å². The minimum Gasteiger partial charge on any atom is -0.381 e. The second-order valence-electron chi connectivity index (χ2n) is 6.23. The summed E-state index contributed by atoms with van der Waals surface area (Å²) in [6.45, 7) is 6.34. The standard InChI is InChI=1S/C18H26O2/c1-12-9-13(2)17(14(3)10-12)11-18(19)15-5-7-16(20-4)8-6-15/h9-10,15-16H,5-8,11H2,1-4H3. The van der Waals surface area contributed by atoms with E-state index in [1.165, 1.54) is 22.3 Å². The fraction of sp³-hybridized carbons (Fsp3) is 0.611. The van der Waals surface area contributed by atoms with Crippen LogP contribution in [-0.2, 0) is 16.0 Å². The number of ether oxygens (including phenoxy) is 1. The Kier molecular flexibility index (Phi) is 4.98. The van der Waals surface area contributed by atoms with E-state index >= 15 is 0 Å². The highest BCUT2D eigenvalue weighted by atomic mass is 16.5. The zero-order chi connectivity index (χ0) is 14.7. The van der Waals surface area contributed by atoms with Gasteiger partial charge >= 0.3 is 0 Å². The van der Waals surface area contributed by atoms with E-state index in [9.17, 15) is 4.79 Å². The maximum Gasteiger partial charge on any atom is 0.140 e. The average Bonchev–Trinajstić information content (AvgIpc) is 2.42. The highest BCUT2D eigenvalue weighted by molar-refractivity contribution is 5.84. The highest BCUT2D eigenvalue weighted by Gasteiger charge is 2.26. The Morgan fingerprint density at radius 2 is 1.65 bits per heavy atom. The molecule has 2 rings (SSSR count). The largest absolute Gasteiger partial charge is 0.381 e. The van der Waals surface area contributed by atoms with Crippen LogP contribution in [0.5, 0.6) is 0 Å². The van der Waals surface area contributed by atoms with Gasteiger partial charge in [0, 0.05) is 19.4 Å². The van der Waals surface area contributed by atoms with Crippen LogP contribution in [0.2, 0.25) is 0 Å². The van der Waals surface area contributed by atoms with E-state index < -0.39 is 0 Å². The van der Waals surface area contributed by atoms with Gasteiger partial charge in [-0.3, -0.25) is 4.79 Å². The van der Waals surface area contributed by atoms with Gasteiger partial charge < -0.3 is 4.74 Å². The molecule has 1 aliphatic carbocycles. The molecule has 0 aromatic heterocycles. The van der Waals surface area contributed by atoms with Crippen LogP contribution in [0.3, 0.4) is 0 Å². The molecule has 0 spiro atoms. The number of Topliss-reactive ketones (excluding diaryl/α,β-unsaturated/α-hetero) is 1. The first kappa shape index (κ1) is 15.2. The van der Waals surface area contributed by atoms with Crippen molar-refractivity contribution in [1.29, 1.82) is 0 Å². The summed E-state index contributed by atoms with van der Waals surface area (Å²) in [6, 6.07) is 4.36. The van der Waals surface area contributed by atoms with E-state index in [-0.39, 0.29) is 5.92 Å². The molecule has 0 N–H and O–H groups in total. The maximum absolute atomic E-state index is 12.5. The van der Waals surface area contributed by atoms with E-state index in [2.05, 4.69) is 32.9 Å². The minimum absolute atomic E-state index is 0.238. The Bertz CT molecular complexity index is 459. The third-order valence-electron chi connectivity index (χ3n) is 4.65. The Labute approximate surface area is 122 Å². The summed E-state index contributed by atoms with van der Waals surface area (Å²) in [5, 5.41) is 0. The van der Waals surface area contributed by atoms with Crippen LogP contribution in [0, 0.1) is 26.7 Å². The minimum atomic E-state index is 0.238. The van der Waals surface area contributed by atoms with Crippen molar-refractivity contribution in [1.82, 2.24) is 0 Å². The van der Waals surface area contributed by atoms with Crippen LogP contribution in [0.4, 0.5) is 0 Å². The third kappa shape index (κ3) is 3.49. The van der Waals surface area contributed by atoms with Gasteiger partial charge in [-0.1, -0.05) is 17.7 Å². The molecule has 0 saturated heterocycles. The van der Waals surface area contributed by atoms with Crippen LogP contribution in [0.15, 0.2) is 12.1 Å². The second kappa shape index (κ2) is 6.53. The van der Waals surface area contributed by atoms with E-state index in [1.807, 2.05) is 0 Å². The van der Waals surface area contributed by atoms with Crippen LogP contribution in [0.1, 0.15) is 47.9 Å². The molecule has 1 fully saturated rings. The van der Waals surface area contributed by atoms with Crippen molar-refractivity contribution < 1.29 is 9.53 Å². The molecule has 2 nitrogen and oxygen atoms in total. The fourth-order valence-electron chi connectivity index (χ4n) is 3.43. The highest BCUT2D eigenvalue weighted by Crippen LogP contribution is 2.28. The lowest BCUT2D eigenvalue weighted by Gasteiger charge is -2.27. The molecule has 0 heterocycles. The molecule has 110 valence electrons. The van der Waals surface area contributed by atoms with Gasteiger partial charge in [-0.05, 0) is 63.1 Å². The van der Waals surface area contributed by atoms with Gasteiger partial charge in [0.25, 0.3) is 0 Å². The molecule has 1 aromatic carbocycles. The number of hydrogen-bond acceptors (Lipinski definition) is 2. The number of benzene rings is 1. The molecule has 0 amide bonds. The van der Waals surface area contributed by atoms with Gasteiger partial charge in [0.1, 0.15) is 5.78 Å². The lowest BCUT2D eigenvalue weighted by atomic mass is 9.82. The summed E-state index contributed by atoms with van der Waals surface area (Å²) in [6.07, 6.45) is 4.99. The number of rotatable bonds is 4. The molecule has 2 heteroatoms. The first-order valence-electron chi connectivity index (χ1n) is 7.63. The van der Waals surface area contributed by atoms with Crippen LogP contribution in [-0.4, -0.2) is 19.0 Å². The number of aryl methyl sites for hydroxylation is 3. The monoisotopic (exact) mass is 274 g/mol. The molecule has 20 heavy (non-hydrogen) atoms. The molecule has 0 atom stereocenters. The number of carbonyl (C=O) groups is 1. The maximum atomic E-state index is 12.5. The molecule has 0 aliphatic heterocycles. The topological polar surface area (TPSA) is 26.3 Å². The van der Waals surface area contributed by atoms with Crippen molar-refractivity contribution in [2.24, 2.45) is 5.92 Å². The fourth-order valence-corrected chi connectivity index (χ4v) is 3.43. The first-order chi connectivity index (χ1) is 9.51. The van der Waals surface area contributed by atoms with E-state index in [1.54, 1.807) is 7.11 Å². The van der Waals surface area contributed by atoms with Crippen molar-refractivity contribution in [3.8, 4) is 0 Å². The van der Waals surface area contributed by atoms with Crippen molar-refractivity contribution in [2.45, 2.75) is 59.0 Å². The molecule has 0 radical (unpaired) electrons. The Balaban J connectivity index is 2.02. The molecule has 0 unspecified atom stereocenters. The molecular formula is C18H26O2. The van der Waals surface area contributed by atoms with Gasteiger partial charge in [-0.25, -0.2) is 0 Å². The Morgan fingerprint density at radius 3 is 2.15 bits per heavy atom.